The fourth-order valence-electron chi connectivity index (χ4n) is 8.78. The van der Waals surface area contributed by atoms with Gasteiger partial charge in [-0.25, -0.2) is 0 Å². The van der Waals surface area contributed by atoms with Crippen LogP contribution < -0.4 is 0 Å². The highest BCUT2D eigenvalue weighted by atomic mass is 14.2. The highest BCUT2D eigenvalue weighted by Crippen LogP contribution is 2.50. The number of hydrogen-bond acceptors (Lipinski definition) is 0. The summed E-state index contributed by atoms with van der Waals surface area (Å²) in [5.74, 6) is 0. The Hall–Kier alpha value is -6.50. The van der Waals surface area contributed by atoms with Crippen molar-refractivity contribution in [1.29, 1.82) is 0 Å². The predicted molar refractivity (Wildman–Crippen MR) is 216 cm³/mol. The minimum Gasteiger partial charge on any atom is -0.0622 e. The van der Waals surface area contributed by atoms with Gasteiger partial charge in [0.25, 0.3) is 0 Å². The first-order chi connectivity index (χ1) is 24.8. The quantitative estimate of drug-likeness (QED) is 0.135. The molecule has 0 saturated carbocycles. The molecule has 0 aliphatic carbocycles. The number of fused-ring (bicyclic) bond motifs is 7. The predicted octanol–water partition coefficient (Wildman–Crippen LogP) is 14.2. The van der Waals surface area contributed by atoms with Crippen LogP contribution in [0.15, 0.2) is 182 Å². The summed E-state index contributed by atoms with van der Waals surface area (Å²) in [6, 6.07) is 67.5. The molecule has 0 spiro atoms. The van der Waals surface area contributed by atoms with Crippen LogP contribution >= 0.6 is 0 Å². The Bertz CT molecular complexity index is 3120. The lowest BCUT2D eigenvalue weighted by Crippen LogP contribution is -1.94. The Balaban J connectivity index is 1.28. The number of benzene rings is 11. The van der Waals surface area contributed by atoms with Crippen molar-refractivity contribution < 1.29 is 0 Å². The van der Waals surface area contributed by atoms with Gasteiger partial charge in [0, 0.05) is 0 Å². The fourth-order valence-corrected chi connectivity index (χ4v) is 8.78. The van der Waals surface area contributed by atoms with Gasteiger partial charge in [-0.1, -0.05) is 164 Å². The molecule has 0 unspecified atom stereocenters. The van der Waals surface area contributed by atoms with Crippen LogP contribution in [-0.4, -0.2) is 0 Å². The van der Waals surface area contributed by atoms with Crippen LogP contribution in [0.25, 0.3) is 109 Å². The summed E-state index contributed by atoms with van der Waals surface area (Å²) in [5, 5.41) is 18.3. The van der Waals surface area contributed by atoms with Gasteiger partial charge in [-0.3, -0.25) is 0 Å². The molecule has 11 aromatic rings. The lowest BCUT2D eigenvalue weighted by atomic mass is 9.81. The SMILES string of the molecule is c1ccc(-c2ccc3cc(-c4c5ccccc5c5c6ccc(-c7ccccc7)c7cc8ccccc8c(c8cccc4c85)c76)ccc3c2)cc1. The maximum absolute atomic E-state index is 2.42. The summed E-state index contributed by atoms with van der Waals surface area (Å²) in [6.45, 7) is 0. The lowest BCUT2D eigenvalue weighted by Gasteiger charge is -2.22. The molecule has 11 aromatic carbocycles. The van der Waals surface area contributed by atoms with Gasteiger partial charge < -0.3 is 0 Å². The second-order valence-electron chi connectivity index (χ2n) is 13.6. The Morgan fingerprint density at radius 1 is 0.220 bits per heavy atom. The molecule has 0 saturated heterocycles. The minimum atomic E-state index is 1.24. The smallest absolute Gasteiger partial charge is 0.00134 e. The van der Waals surface area contributed by atoms with Crippen LogP contribution in [0.3, 0.4) is 0 Å². The van der Waals surface area contributed by atoms with E-state index in [1.165, 1.54) is 109 Å². The monoisotopic (exact) mass is 630 g/mol. The molecule has 0 fully saturated rings. The van der Waals surface area contributed by atoms with E-state index in [2.05, 4.69) is 182 Å². The topological polar surface area (TPSA) is 0 Å². The molecule has 0 bridgehead atoms. The molecule has 0 heteroatoms. The average Bonchev–Trinajstić information content (AvgIpc) is 3.19. The molecule has 0 radical (unpaired) electrons. The van der Waals surface area contributed by atoms with Crippen LogP contribution in [0.5, 0.6) is 0 Å². The molecule has 0 aliphatic heterocycles. The maximum atomic E-state index is 2.42. The summed E-state index contributed by atoms with van der Waals surface area (Å²) < 4.78 is 0. The Morgan fingerprint density at radius 2 is 0.760 bits per heavy atom. The van der Waals surface area contributed by atoms with Crippen molar-refractivity contribution in [2.24, 2.45) is 0 Å². The van der Waals surface area contributed by atoms with E-state index in [1.807, 2.05) is 0 Å². The maximum Gasteiger partial charge on any atom is -0.00134 e. The zero-order chi connectivity index (χ0) is 32.8. The summed E-state index contributed by atoms with van der Waals surface area (Å²) in [4.78, 5) is 0. The zero-order valence-electron chi connectivity index (χ0n) is 27.3. The van der Waals surface area contributed by atoms with Crippen LogP contribution in [0.4, 0.5) is 0 Å². The van der Waals surface area contributed by atoms with Gasteiger partial charge in [0.1, 0.15) is 0 Å². The molecule has 0 heterocycles. The minimum absolute atomic E-state index is 1.24. The molecule has 11 rings (SSSR count). The summed E-state index contributed by atoms with van der Waals surface area (Å²) in [7, 11) is 0. The highest BCUT2D eigenvalue weighted by molar-refractivity contribution is 6.44. The van der Waals surface area contributed by atoms with Crippen molar-refractivity contribution in [2.75, 3.05) is 0 Å². The third-order valence-electron chi connectivity index (χ3n) is 10.9. The molecular weight excluding hydrogens is 601 g/mol. The van der Waals surface area contributed by atoms with Crippen LogP contribution in [-0.2, 0) is 0 Å². The van der Waals surface area contributed by atoms with E-state index in [9.17, 15) is 0 Å². The molecule has 0 aromatic heterocycles. The van der Waals surface area contributed by atoms with Gasteiger partial charge >= 0.3 is 0 Å². The van der Waals surface area contributed by atoms with Crippen molar-refractivity contribution in [3.63, 3.8) is 0 Å². The standard InChI is InChI=1S/C50H30/c1-3-12-31(13-4-1)33-22-23-35-29-37(25-24-34(35)28-33)46-40-18-9-10-19-41(40)48-44-27-26-38(32-14-5-2-6-15-32)45-30-36-16-7-8-17-39(36)47(50(44)45)43-21-11-20-42(46)49(43)48/h1-30H. The largest absolute Gasteiger partial charge is 0.0622 e. The van der Waals surface area contributed by atoms with Gasteiger partial charge in [-0.15, -0.1) is 0 Å². The first kappa shape index (κ1) is 27.5. The van der Waals surface area contributed by atoms with Crippen LogP contribution in [0, 0.1) is 0 Å². The average molecular weight is 631 g/mol. The van der Waals surface area contributed by atoms with E-state index in [0.717, 1.165) is 0 Å². The number of hydrogen-bond donors (Lipinski definition) is 0. The van der Waals surface area contributed by atoms with Gasteiger partial charge in [-0.2, -0.15) is 0 Å². The van der Waals surface area contributed by atoms with Gasteiger partial charge in [0.2, 0.25) is 0 Å². The van der Waals surface area contributed by atoms with Crippen molar-refractivity contribution in [3.8, 4) is 33.4 Å². The molecule has 0 nitrogen and oxygen atoms in total. The van der Waals surface area contributed by atoms with E-state index in [-0.39, 0.29) is 0 Å². The third-order valence-corrected chi connectivity index (χ3v) is 10.9. The van der Waals surface area contributed by atoms with E-state index in [4.69, 9.17) is 0 Å². The number of rotatable bonds is 3. The molecule has 0 N–H and O–H groups in total. The van der Waals surface area contributed by atoms with E-state index in [0.29, 0.717) is 0 Å². The Labute approximate surface area is 289 Å². The molecule has 230 valence electrons. The summed E-state index contributed by atoms with van der Waals surface area (Å²) in [6.07, 6.45) is 0. The molecule has 0 aliphatic rings. The van der Waals surface area contributed by atoms with Crippen molar-refractivity contribution in [1.82, 2.24) is 0 Å². The van der Waals surface area contributed by atoms with Crippen LogP contribution in [0.1, 0.15) is 0 Å². The lowest BCUT2D eigenvalue weighted by molar-refractivity contribution is 1.64. The molecule has 0 amide bonds. The van der Waals surface area contributed by atoms with Gasteiger partial charge in [0.05, 0.1) is 0 Å². The summed E-state index contributed by atoms with van der Waals surface area (Å²) in [5.41, 5.74) is 7.56. The Kier molecular flexibility index (Phi) is 5.76. The highest BCUT2D eigenvalue weighted by Gasteiger charge is 2.22. The van der Waals surface area contributed by atoms with Crippen molar-refractivity contribution >= 4 is 75.4 Å². The van der Waals surface area contributed by atoms with Gasteiger partial charge in [-0.05, 0) is 127 Å². The first-order valence-electron chi connectivity index (χ1n) is 17.4. The Morgan fingerprint density at radius 3 is 1.56 bits per heavy atom. The summed E-state index contributed by atoms with van der Waals surface area (Å²) >= 11 is 0. The zero-order valence-corrected chi connectivity index (χ0v) is 27.3. The van der Waals surface area contributed by atoms with Crippen molar-refractivity contribution in [3.05, 3.63) is 182 Å². The second kappa shape index (κ2) is 10.5. The van der Waals surface area contributed by atoms with Gasteiger partial charge in [0.15, 0.2) is 0 Å². The van der Waals surface area contributed by atoms with Crippen molar-refractivity contribution in [2.45, 2.75) is 0 Å². The fraction of sp³-hybridized carbons (Fsp3) is 0. The second-order valence-corrected chi connectivity index (χ2v) is 13.6. The van der Waals surface area contributed by atoms with E-state index >= 15 is 0 Å². The first-order valence-corrected chi connectivity index (χ1v) is 17.4. The molecule has 50 heavy (non-hydrogen) atoms. The van der Waals surface area contributed by atoms with E-state index < -0.39 is 0 Å². The van der Waals surface area contributed by atoms with E-state index in [1.54, 1.807) is 0 Å². The van der Waals surface area contributed by atoms with Crippen LogP contribution in [0.2, 0.25) is 0 Å². The normalized spacial score (nSPS) is 12.0. The molecular formula is C50H30. The molecule has 0 atom stereocenters. The third kappa shape index (κ3) is 3.88.